The minimum atomic E-state index is 0.0133. The molecule has 4 rings (SSSR count). The van der Waals surface area contributed by atoms with E-state index in [9.17, 15) is 0 Å². The van der Waals surface area contributed by atoms with Crippen molar-refractivity contribution in [1.29, 1.82) is 0 Å². The monoisotopic (exact) mass is 367 g/mol. The molecular weight excluding hydrogens is 342 g/mol. The number of imidazole rings is 1. The summed E-state index contributed by atoms with van der Waals surface area (Å²) in [5, 5.41) is 8.85. The van der Waals surface area contributed by atoms with Crippen molar-refractivity contribution >= 4 is 16.7 Å². The lowest BCUT2D eigenvalue weighted by Gasteiger charge is -2.32. The number of ether oxygens (including phenoxy) is 2. The van der Waals surface area contributed by atoms with Crippen molar-refractivity contribution in [1.82, 2.24) is 9.55 Å². The first-order chi connectivity index (χ1) is 13.3. The van der Waals surface area contributed by atoms with Crippen molar-refractivity contribution in [3.63, 3.8) is 0 Å². The zero-order valence-corrected chi connectivity index (χ0v) is 15.5. The number of methoxy groups -OCH3 is 1. The maximum absolute atomic E-state index is 8.85. The fourth-order valence-electron chi connectivity index (χ4n) is 3.62. The van der Waals surface area contributed by atoms with E-state index in [2.05, 4.69) is 32.7 Å². The summed E-state index contributed by atoms with van der Waals surface area (Å²) in [5.41, 5.74) is 4.31. The predicted octanol–water partition coefficient (Wildman–Crippen LogP) is 3.01. The highest BCUT2D eigenvalue weighted by molar-refractivity contribution is 5.81. The van der Waals surface area contributed by atoms with Gasteiger partial charge in [-0.25, -0.2) is 4.98 Å². The Labute approximate surface area is 159 Å². The molecule has 0 spiro atoms. The van der Waals surface area contributed by atoms with Gasteiger partial charge in [-0.3, -0.25) is 4.57 Å². The molecular formula is C21H25N3O3. The lowest BCUT2D eigenvalue weighted by Crippen LogP contribution is -2.36. The third-order valence-electron chi connectivity index (χ3n) is 5.15. The summed E-state index contributed by atoms with van der Waals surface area (Å²) >= 11 is 0. The van der Waals surface area contributed by atoms with Crippen LogP contribution in [0.1, 0.15) is 12.8 Å². The lowest BCUT2D eigenvalue weighted by atomic mass is 10.1. The summed E-state index contributed by atoms with van der Waals surface area (Å²) in [6.45, 7) is 2.34. The van der Waals surface area contributed by atoms with Crippen LogP contribution in [0.4, 0.5) is 5.69 Å². The van der Waals surface area contributed by atoms with Gasteiger partial charge in [-0.1, -0.05) is 0 Å². The fraction of sp³-hybridized carbons (Fsp3) is 0.381. The Bertz CT molecular complexity index is 883. The summed E-state index contributed by atoms with van der Waals surface area (Å²) in [5.74, 6) is 0.749. The van der Waals surface area contributed by atoms with Gasteiger partial charge < -0.3 is 19.5 Å². The van der Waals surface area contributed by atoms with Gasteiger partial charge in [-0.2, -0.15) is 0 Å². The highest BCUT2D eigenvalue weighted by Crippen LogP contribution is 2.27. The Kier molecular flexibility index (Phi) is 5.27. The van der Waals surface area contributed by atoms with Gasteiger partial charge in [0.1, 0.15) is 18.7 Å². The molecule has 0 aliphatic carbocycles. The van der Waals surface area contributed by atoms with Crippen molar-refractivity contribution in [3.05, 3.63) is 48.8 Å². The average molecular weight is 367 g/mol. The van der Waals surface area contributed by atoms with E-state index in [1.165, 1.54) is 5.69 Å². The standard InChI is InChI=1S/C21H25N3O3/c1-26-18-8-10-23(11-9-18)17-4-7-21-20(14-17)22-15-24(21)16-2-5-19(6-3-16)27-13-12-25/h2-7,14-15,18,25H,8-13H2,1H3. The molecule has 1 saturated heterocycles. The molecule has 2 aromatic carbocycles. The molecule has 0 atom stereocenters. The normalized spacial score (nSPS) is 15.4. The van der Waals surface area contributed by atoms with Gasteiger partial charge in [0.25, 0.3) is 0 Å². The van der Waals surface area contributed by atoms with Crippen LogP contribution in [0.2, 0.25) is 0 Å². The van der Waals surface area contributed by atoms with Crippen LogP contribution in [-0.2, 0) is 4.74 Å². The molecule has 1 aliphatic rings. The largest absolute Gasteiger partial charge is 0.491 e. The van der Waals surface area contributed by atoms with Crippen molar-refractivity contribution < 1.29 is 14.6 Å². The van der Waals surface area contributed by atoms with Gasteiger partial charge in [-0.05, 0) is 55.3 Å². The lowest BCUT2D eigenvalue weighted by molar-refractivity contribution is 0.0819. The molecule has 3 aromatic rings. The Morgan fingerprint density at radius 3 is 2.52 bits per heavy atom. The predicted molar refractivity (Wildman–Crippen MR) is 106 cm³/mol. The number of fused-ring (bicyclic) bond motifs is 1. The molecule has 1 aromatic heterocycles. The summed E-state index contributed by atoms with van der Waals surface area (Å²) in [6, 6.07) is 14.3. The second-order valence-electron chi connectivity index (χ2n) is 6.78. The minimum absolute atomic E-state index is 0.0133. The Morgan fingerprint density at radius 2 is 1.81 bits per heavy atom. The number of aliphatic hydroxyl groups is 1. The van der Waals surface area contributed by atoms with E-state index in [0.29, 0.717) is 12.7 Å². The number of benzene rings is 2. The van der Waals surface area contributed by atoms with Crippen LogP contribution in [0.15, 0.2) is 48.8 Å². The van der Waals surface area contributed by atoms with Gasteiger partial charge in [0.05, 0.1) is 23.7 Å². The smallest absolute Gasteiger partial charge is 0.119 e. The Hall–Kier alpha value is -2.57. The van der Waals surface area contributed by atoms with Crippen LogP contribution < -0.4 is 9.64 Å². The fourth-order valence-corrected chi connectivity index (χ4v) is 3.62. The third kappa shape index (κ3) is 3.77. The number of piperidine rings is 1. The number of hydrogen-bond acceptors (Lipinski definition) is 5. The zero-order chi connectivity index (χ0) is 18.6. The molecule has 6 nitrogen and oxygen atoms in total. The van der Waals surface area contributed by atoms with E-state index in [4.69, 9.17) is 14.6 Å². The molecule has 6 heteroatoms. The second-order valence-corrected chi connectivity index (χ2v) is 6.78. The van der Waals surface area contributed by atoms with Gasteiger partial charge >= 0.3 is 0 Å². The van der Waals surface area contributed by atoms with Crippen LogP contribution in [0.5, 0.6) is 5.75 Å². The number of rotatable bonds is 6. The molecule has 0 amide bonds. The molecule has 142 valence electrons. The minimum Gasteiger partial charge on any atom is -0.491 e. The number of anilines is 1. The zero-order valence-electron chi connectivity index (χ0n) is 15.5. The molecule has 0 radical (unpaired) electrons. The van der Waals surface area contributed by atoms with E-state index in [0.717, 1.165) is 48.4 Å². The Balaban J connectivity index is 1.54. The highest BCUT2D eigenvalue weighted by Gasteiger charge is 2.19. The molecule has 1 N–H and O–H groups in total. The summed E-state index contributed by atoms with van der Waals surface area (Å²) < 4.78 is 13.0. The van der Waals surface area contributed by atoms with Crippen LogP contribution in [0.3, 0.4) is 0 Å². The maximum Gasteiger partial charge on any atom is 0.119 e. The van der Waals surface area contributed by atoms with E-state index in [1.54, 1.807) is 7.11 Å². The molecule has 0 saturated carbocycles. The molecule has 0 bridgehead atoms. The maximum atomic E-state index is 8.85. The number of aromatic nitrogens is 2. The van der Waals surface area contributed by atoms with E-state index < -0.39 is 0 Å². The number of hydrogen-bond donors (Lipinski definition) is 1. The first-order valence-electron chi connectivity index (χ1n) is 9.37. The first-order valence-corrected chi connectivity index (χ1v) is 9.37. The van der Waals surface area contributed by atoms with Gasteiger partial charge in [-0.15, -0.1) is 0 Å². The van der Waals surface area contributed by atoms with Crippen LogP contribution >= 0.6 is 0 Å². The van der Waals surface area contributed by atoms with Gasteiger partial charge in [0.2, 0.25) is 0 Å². The van der Waals surface area contributed by atoms with Gasteiger partial charge in [0, 0.05) is 31.6 Å². The summed E-state index contributed by atoms with van der Waals surface area (Å²) in [4.78, 5) is 7.01. The van der Waals surface area contributed by atoms with Crippen molar-refractivity contribution in [2.24, 2.45) is 0 Å². The molecule has 0 unspecified atom stereocenters. The van der Waals surface area contributed by atoms with Crippen molar-refractivity contribution in [2.75, 3.05) is 38.3 Å². The molecule has 27 heavy (non-hydrogen) atoms. The van der Waals surface area contributed by atoms with Crippen LogP contribution in [0.25, 0.3) is 16.7 Å². The van der Waals surface area contributed by atoms with Crippen LogP contribution in [-0.4, -0.2) is 54.2 Å². The van der Waals surface area contributed by atoms with Crippen molar-refractivity contribution in [2.45, 2.75) is 18.9 Å². The van der Waals surface area contributed by atoms with E-state index in [-0.39, 0.29) is 6.61 Å². The van der Waals surface area contributed by atoms with Crippen LogP contribution in [0, 0.1) is 0 Å². The van der Waals surface area contributed by atoms with E-state index in [1.807, 2.05) is 30.6 Å². The number of aliphatic hydroxyl groups excluding tert-OH is 1. The SMILES string of the molecule is COC1CCN(c2ccc3c(c2)ncn3-c2ccc(OCCO)cc2)CC1. The third-order valence-corrected chi connectivity index (χ3v) is 5.15. The van der Waals surface area contributed by atoms with E-state index >= 15 is 0 Å². The average Bonchev–Trinajstić information content (AvgIpc) is 3.16. The quantitative estimate of drug-likeness (QED) is 0.726. The summed E-state index contributed by atoms with van der Waals surface area (Å²) in [7, 11) is 1.80. The molecule has 1 fully saturated rings. The molecule has 2 heterocycles. The number of nitrogens with zero attached hydrogens (tertiary/aromatic N) is 3. The Morgan fingerprint density at radius 1 is 1.07 bits per heavy atom. The summed E-state index contributed by atoms with van der Waals surface area (Å²) in [6.07, 6.45) is 4.37. The van der Waals surface area contributed by atoms with Gasteiger partial charge in [0.15, 0.2) is 0 Å². The second kappa shape index (κ2) is 7.98. The highest BCUT2D eigenvalue weighted by atomic mass is 16.5. The van der Waals surface area contributed by atoms with Crippen molar-refractivity contribution in [3.8, 4) is 11.4 Å². The first kappa shape index (κ1) is 17.8. The topological polar surface area (TPSA) is 59.8 Å². The molecule has 1 aliphatic heterocycles.